The summed E-state index contributed by atoms with van der Waals surface area (Å²) in [5.74, 6) is -3.64. The lowest BCUT2D eigenvalue weighted by Gasteiger charge is -2.50. The summed E-state index contributed by atoms with van der Waals surface area (Å²) in [7, 11) is 36.7. The molecule has 3 fully saturated rings. The van der Waals surface area contributed by atoms with E-state index in [9.17, 15) is 104 Å². The second-order valence-electron chi connectivity index (χ2n) is 31.6. The molecule has 0 aliphatic heterocycles. The van der Waals surface area contributed by atoms with Gasteiger partial charge in [0, 0.05) is 140 Å². The number of hydrogen-bond acceptors (Lipinski definition) is 24. The van der Waals surface area contributed by atoms with Crippen molar-refractivity contribution < 1.29 is 104 Å². The lowest BCUT2D eigenvalue weighted by Crippen LogP contribution is -2.65. The fraction of sp³-hybridized carbons (Fsp3) is 0.371. The molecule has 12 atom stereocenters. The third kappa shape index (κ3) is 19.2. The van der Waals surface area contributed by atoms with E-state index in [1.54, 1.807) is 32.3 Å². The SMILES string of the molecule is C.C#CCCCCC#C.C=C=C=C=C=C=C=C=C.CN(C)[C@@H]1C(=O)C(C(N)=O)=C(O)[C@@]2(O)C(=O)C3=C(O)c4c(O)ccc(C#CCCCCC#Cc5ccc(O)c6c5C[C@H]5C[C@H]7[C@H](N(C)C)C(=O)C(C(N)=O)=C(O)[C@@]7(O)C(=O)C5=C6O)c4C[C@H]3C[C@@H]12.CN(C)[C@@H]1C(=O)C(C(N)=O)=C(O)[C@@]2(O)C(=O)C3=C(O)c4c(O)ccc(I)c4C[C@H]3C[C@@H]12.[B][B]B(B([B])[B])B([B])[B]. The Hall–Kier alpha value is -11.8. The number of benzene rings is 3. The third-order valence-electron chi connectivity index (χ3n) is 23.5. The number of hydrogen-bond donors (Lipinski definition) is 15. The van der Waals surface area contributed by atoms with Crippen LogP contribution in [0.1, 0.15) is 123 Å². The summed E-state index contributed by atoms with van der Waals surface area (Å²) in [5.41, 5.74) is 24.2. The maximum absolute atomic E-state index is 14.1. The van der Waals surface area contributed by atoms with Gasteiger partial charge in [0.15, 0.2) is 34.2 Å². The molecule has 11 radical (unpaired) electrons. The van der Waals surface area contributed by atoms with Crippen LogP contribution in [-0.4, -0.2) is 271 Å². The van der Waals surface area contributed by atoms with Crippen molar-refractivity contribution in [2.75, 3.05) is 42.3 Å². The fourth-order valence-electron chi connectivity index (χ4n) is 17.8. The van der Waals surface area contributed by atoms with Crippen LogP contribution in [0.5, 0.6) is 17.2 Å². The number of fused-ring (bicyclic) bond motifs is 9. The minimum Gasteiger partial charge on any atom is -0.508 e. The average molecular weight is 1800 g/mol. The van der Waals surface area contributed by atoms with Gasteiger partial charge in [0.05, 0.1) is 34.8 Å². The molecule has 0 saturated heterocycles. The number of ketones is 6. The molecular weight excluding hydrogens is 1710 g/mol. The summed E-state index contributed by atoms with van der Waals surface area (Å²) in [6.45, 7) is 6.53. The first-order valence-electron chi connectivity index (χ1n) is 39.2. The summed E-state index contributed by atoms with van der Waals surface area (Å²) < 4.78 is 0.784. The smallest absolute Gasteiger partial charge is 0.255 e. The molecule has 0 bridgehead atoms. The molecule has 12 rings (SSSR count). The molecule has 37 heteroatoms. The van der Waals surface area contributed by atoms with Crippen LogP contribution in [0.3, 0.4) is 0 Å². The van der Waals surface area contributed by atoms with Crippen molar-refractivity contribution >= 4 is 157 Å². The molecule has 0 unspecified atom stereocenters. The minimum absolute atomic E-state index is 0. The van der Waals surface area contributed by atoms with Crippen LogP contribution in [0.2, 0.25) is 0 Å². The molecule has 3 aromatic carbocycles. The van der Waals surface area contributed by atoms with Crippen molar-refractivity contribution in [3.8, 4) is 65.6 Å². The minimum atomic E-state index is -2.75. The highest BCUT2D eigenvalue weighted by molar-refractivity contribution is 14.1. The van der Waals surface area contributed by atoms with Crippen LogP contribution in [-0.2, 0) is 62.4 Å². The zero-order chi connectivity index (χ0) is 93.3. The van der Waals surface area contributed by atoms with E-state index in [0.717, 1.165) is 29.3 Å². The van der Waals surface area contributed by atoms with E-state index < -0.39 is 187 Å². The van der Waals surface area contributed by atoms with Crippen LogP contribution >= 0.6 is 22.6 Å². The number of phenols is 3. The monoisotopic (exact) mass is 1800 g/mol. The van der Waals surface area contributed by atoms with Gasteiger partial charge in [-0.15, -0.1) is 24.7 Å². The number of terminal acetylenes is 2. The highest BCUT2D eigenvalue weighted by Gasteiger charge is 2.68. The van der Waals surface area contributed by atoms with Gasteiger partial charge in [-0.1, -0.05) is 42.6 Å². The molecule has 27 nitrogen and oxygen atoms in total. The number of amides is 3. The fourth-order valence-corrected chi connectivity index (χ4v) is 18.5. The van der Waals surface area contributed by atoms with Gasteiger partial charge in [0.25, 0.3) is 17.7 Å². The predicted molar refractivity (Wildman–Crippen MR) is 488 cm³/mol. The molecule has 9 aliphatic carbocycles. The van der Waals surface area contributed by atoms with Gasteiger partial charge in [0.2, 0.25) is 17.3 Å². The van der Waals surface area contributed by atoms with E-state index in [1.807, 2.05) is 0 Å². The van der Waals surface area contributed by atoms with Crippen molar-refractivity contribution in [3.05, 3.63) is 188 Å². The molecule has 126 heavy (non-hydrogen) atoms. The summed E-state index contributed by atoms with van der Waals surface area (Å²) in [5, 5.41) is 134. The number of aliphatic hydroxyl groups excluding tert-OH is 6. The number of aromatic hydroxyl groups is 3. The number of halogens is 1. The van der Waals surface area contributed by atoms with E-state index in [4.69, 9.17) is 68.7 Å². The Kier molecular flexibility index (Phi) is 33.8. The van der Waals surface area contributed by atoms with Crippen molar-refractivity contribution in [1.82, 2.24) is 14.7 Å². The van der Waals surface area contributed by atoms with Gasteiger partial charge in [-0.3, -0.25) is 57.9 Å². The first-order valence-corrected chi connectivity index (χ1v) is 40.3. The average Bonchev–Trinajstić information content (AvgIpc) is 0.709. The number of aliphatic hydroxyl groups is 9. The van der Waals surface area contributed by atoms with Gasteiger partial charge in [0.1, 0.15) is 68.5 Å². The van der Waals surface area contributed by atoms with Gasteiger partial charge >= 0.3 is 0 Å². The lowest BCUT2D eigenvalue weighted by atomic mass is 8.64. The molecule has 0 spiro atoms. The molecule has 0 heterocycles. The molecule has 3 saturated carbocycles. The summed E-state index contributed by atoms with van der Waals surface area (Å²) >= 11 is 2.07. The highest BCUT2D eigenvalue weighted by Crippen LogP contribution is 2.57. The number of unbranched alkanes of at least 4 members (excludes halogenated alkanes) is 6. The molecule has 0 aromatic heterocycles. The third-order valence-corrected chi connectivity index (χ3v) is 24.5. The number of primary amides is 3. The zero-order valence-electron chi connectivity index (χ0n) is 69.3. The first kappa shape index (κ1) is 101. The summed E-state index contributed by atoms with van der Waals surface area (Å²) in [4.78, 5) is 122. The maximum Gasteiger partial charge on any atom is 0.255 e. The van der Waals surface area contributed by atoms with E-state index >= 15 is 0 Å². The maximum atomic E-state index is 14.1. The Morgan fingerprint density at radius 2 is 0.762 bits per heavy atom. The Balaban J connectivity index is 0.000000305. The topological polar surface area (TPSA) is 484 Å². The van der Waals surface area contributed by atoms with Gasteiger partial charge in [-0.2, -0.15) is 0 Å². The normalized spacial score (nSPS) is 24.1. The van der Waals surface area contributed by atoms with Crippen LogP contribution in [0.25, 0.3) is 17.3 Å². The Morgan fingerprint density at radius 1 is 0.484 bits per heavy atom. The number of rotatable bonds is 15. The number of likely N-dealkylation sites (N-methyl/N-ethyl adjacent to an activating group) is 3. The number of nitrogens with two attached hydrogens (primary N) is 3. The highest BCUT2D eigenvalue weighted by atomic mass is 127. The van der Waals surface area contributed by atoms with Crippen LogP contribution < -0.4 is 17.2 Å². The van der Waals surface area contributed by atoms with Crippen molar-refractivity contribution in [2.24, 2.45) is 52.7 Å². The summed E-state index contributed by atoms with van der Waals surface area (Å²) in [6, 6.07) is 5.37. The Labute approximate surface area is 752 Å². The van der Waals surface area contributed by atoms with Crippen molar-refractivity contribution in [3.63, 3.8) is 0 Å². The van der Waals surface area contributed by atoms with Crippen LogP contribution in [0.15, 0.2) is 140 Å². The first-order chi connectivity index (χ1) is 58.8. The molecule has 3 amide bonds. The molecule has 3 aromatic rings. The standard InChI is InChI=1S/C50H50N4O14.C21H21IN2O7.C9H4.C8H10.CH4.B9/c1-53(2)37-27-19-23-17-25-21(13-15-29(55)33(25)39(57)31(23)43(61)49(27,67)45(63)35(41(37)59)47(51)65)11-9-7-5-6-8-10-12-22-14-16-30(56)34-26(22)18-24-20-28-38(54(3)4)42(60)36(48(52)66)46(64)50(28,68)44(62)32(24)40(34)58;1-24(2)15-9-6-7-5-8-10(22)3-4-11(25)13(8)16(26)12(7)18(28)21(9,31)19(29)14(17(15)27)20(23)30;1-3-5-7-9-8-6-4-2;1-3-5-7-8-6-4-2;;1-6-9(7(2)3)8(4)5/h13-16,23-24,27-28,37-38,55-58,63-64,67-68H,5-8,17-20H2,1-4H3,(H2,51,65)(H2,52,66);3-4,7,9,15,25-26,29,31H,5-6H2,1-2H3,(H2,23,30);1-2H2;1-2H,5-8H2;1H4;/t23-,24-,27-,28-,37-,38-,49-,50-;7-,9-,15-,21-;;;;/m00..../s1. The van der Waals surface area contributed by atoms with Gasteiger partial charge < -0.3 is 78.5 Å². The van der Waals surface area contributed by atoms with Crippen LogP contribution in [0.4, 0.5) is 0 Å². The zero-order valence-corrected chi connectivity index (χ0v) is 71.5. The van der Waals surface area contributed by atoms with Crippen molar-refractivity contribution in [2.45, 2.75) is 132 Å². The second kappa shape index (κ2) is 42.0. The van der Waals surface area contributed by atoms with Gasteiger partial charge in [-0.25, -0.2) is 0 Å². The van der Waals surface area contributed by atoms with E-state index in [0.29, 0.717) is 59.9 Å². The quantitative estimate of drug-likeness (QED) is 0.0260. The molecular formula is C89H89B9IN6O21. The lowest BCUT2D eigenvalue weighted by molar-refractivity contribution is -0.155. The van der Waals surface area contributed by atoms with E-state index in [2.05, 4.69) is 111 Å². The molecule has 18 N–H and O–H groups in total. The second-order valence-corrected chi connectivity index (χ2v) is 32.8. The number of phenolic OH excluding ortho intramolecular Hbond substituents is 3. The summed E-state index contributed by atoms with van der Waals surface area (Å²) in [6.07, 6.45) is 14.9. The van der Waals surface area contributed by atoms with Gasteiger partial charge in [-0.05, 0) is 242 Å². The predicted octanol–water partition coefficient (Wildman–Crippen LogP) is 2.68. The number of carbonyl (C=O) groups is 9. The number of Topliss-reactive ketones (excluding diaryl/α,β-unsaturated/α-hetero) is 6. The van der Waals surface area contributed by atoms with E-state index in [-0.39, 0.29) is 96.6 Å². The number of nitrogens with zero attached hydrogens (tertiary/aromatic N) is 3. The molecule has 635 valence electrons. The van der Waals surface area contributed by atoms with Crippen molar-refractivity contribution in [1.29, 1.82) is 0 Å². The Morgan fingerprint density at radius 3 is 1.02 bits per heavy atom. The number of carbonyl (C=O) groups excluding carboxylic acids is 9. The Bertz CT molecular complexity index is 5520. The van der Waals surface area contributed by atoms with Crippen LogP contribution in [0, 0.1) is 87.4 Å². The largest absolute Gasteiger partial charge is 0.508 e. The molecule has 9 aliphatic rings. The van der Waals surface area contributed by atoms with E-state index in [1.165, 1.54) is 68.2 Å².